The van der Waals surface area contributed by atoms with Crippen molar-refractivity contribution in [2.75, 3.05) is 0 Å². The third-order valence-corrected chi connectivity index (χ3v) is 2.71. The maximum Gasteiger partial charge on any atom is 0.332 e. The molecule has 0 saturated carbocycles. The summed E-state index contributed by atoms with van der Waals surface area (Å²) in [5, 5.41) is 28.5. The molecule has 2 rings (SSSR count). The lowest BCUT2D eigenvalue weighted by Gasteiger charge is -2.11. The van der Waals surface area contributed by atoms with E-state index in [0.29, 0.717) is 5.56 Å². The van der Waals surface area contributed by atoms with Gasteiger partial charge in [-0.1, -0.05) is 18.2 Å². The molecule has 17 heavy (non-hydrogen) atoms. The number of aromatic nitrogens is 1. The fraction of sp³-hybridized carbons (Fsp3) is 0.250. The summed E-state index contributed by atoms with van der Waals surface area (Å²) >= 11 is 0. The van der Waals surface area contributed by atoms with E-state index < -0.39 is 18.2 Å². The largest absolute Gasteiger partial charge is 0.479 e. The lowest BCUT2D eigenvalue weighted by atomic mass is 10.0. The van der Waals surface area contributed by atoms with Crippen LogP contribution in [0.25, 0.3) is 10.9 Å². The molecule has 0 radical (unpaired) electrons. The van der Waals surface area contributed by atoms with E-state index in [2.05, 4.69) is 4.98 Å². The monoisotopic (exact) mass is 235 g/mol. The van der Waals surface area contributed by atoms with Gasteiger partial charge in [-0.05, 0) is 6.07 Å². The van der Waals surface area contributed by atoms with Gasteiger partial charge in [0, 0.05) is 29.1 Å². The van der Waals surface area contributed by atoms with Crippen LogP contribution < -0.4 is 0 Å². The highest BCUT2D eigenvalue weighted by Crippen LogP contribution is 2.26. The summed E-state index contributed by atoms with van der Waals surface area (Å²) < 4.78 is 0. The summed E-state index contributed by atoms with van der Waals surface area (Å²) in [7, 11) is 0. The molecule has 1 aromatic heterocycles. The van der Waals surface area contributed by atoms with Gasteiger partial charge in [0.25, 0.3) is 0 Å². The van der Waals surface area contributed by atoms with Crippen molar-refractivity contribution >= 4 is 16.9 Å². The normalized spacial score (nSPS) is 14.7. The number of hydrogen-bond donors (Lipinski definition) is 4. The highest BCUT2D eigenvalue weighted by molar-refractivity contribution is 5.83. The van der Waals surface area contributed by atoms with Crippen LogP contribution in [0, 0.1) is 0 Å². The van der Waals surface area contributed by atoms with E-state index in [9.17, 15) is 15.0 Å². The molecule has 0 fully saturated rings. The molecule has 90 valence electrons. The minimum Gasteiger partial charge on any atom is -0.479 e. The van der Waals surface area contributed by atoms with E-state index in [0.717, 1.165) is 10.9 Å². The van der Waals surface area contributed by atoms with Crippen LogP contribution in [0.3, 0.4) is 0 Å². The van der Waals surface area contributed by atoms with Gasteiger partial charge in [0.15, 0.2) is 6.10 Å². The first kappa shape index (κ1) is 11.6. The first-order valence-corrected chi connectivity index (χ1v) is 5.24. The first-order chi connectivity index (χ1) is 8.09. The van der Waals surface area contributed by atoms with Gasteiger partial charge in [-0.3, -0.25) is 0 Å². The zero-order valence-electron chi connectivity index (χ0n) is 9.00. The Morgan fingerprint density at radius 3 is 2.71 bits per heavy atom. The minimum atomic E-state index is -1.56. The van der Waals surface area contributed by atoms with Crippen molar-refractivity contribution in [2.45, 2.75) is 18.6 Å². The predicted molar refractivity (Wildman–Crippen MR) is 61.5 cm³/mol. The molecule has 0 saturated heterocycles. The number of aliphatic carboxylic acids is 1. The van der Waals surface area contributed by atoms with Gasteiger partial charge < -0.3 is 20.3 Å². The Morgan fingerprint density at radius 1 is 1.29 bits per heavy atom. The number of H-pyrrole nitrogens is 1. The number of hydrogen-bond acceptors (Lipinski definition) is 3. The number of benzene rings is 1. The number of nitrogens with one attached hydrogen (secondary N) is 1. The Bertz CT molecular complexity index is 534. The molecular weight excluding hydrogens is 222 g/mol. The average molecular weight is 235 g/mol. The van der Waals surface area contributed by atoms with Crippen LogP contribution in [0.2, 0.25) is 0 Å². The van der Waals surface area contributed by atoms with Crippen molar-refractivity contribution in [3.63, 3.8) is 0 Å². The van der Waals surface area contributed by atoms with Crippen LogP contribution in [-0.2, 0) is 4.79 Å². The Hall–Kier alpha value is -1.85. The molecule has 2 unspecified atom stereocenters. The number of para-hydroxylation sites is 1. The Kier molecular flexibility index (Phi) is 3.12. The van der Waals surface area contributed by atoms with Gasteiger partial charge in [0.1, 0.15) is 0 Å². The number of aliphatic hydroxyl groups excluding tert-OH is 2. The predicted octanol–water partition coefficient (Wildman–Crippen LogP) is 1.04. The van der Waals surface area contributed by atoms with Crippen molar-refractivity contribution in [1.82, 2.24) is 4.98 Å². The molecule has 0 amide bonds. The molecule has 4 N–H and O–H groups in total. The van der Waals surface area contributed by atoms with Crippen molar-refractivity contribution in [3.8, 4) is 0 Å². The first-order valence-electron chi connectivity index (χ1n) is 5.24. The average Bonchev–Trinajstić information content (AvgIpc) is 2.72. The number of rotatable bonds is 4. The topological polar surface area (TPSA) is 93.6 Å². The molecule has 0 spiro atoms. The second-order valence-electron chi connectivity index (χ2n) is 3.90. The Balaban J connectivity index is 2.25. The van der Waals surface area contributed by atoms with E-state index in [1.807, 2.05) is 24.3 Å². The summed E-state index contributed by atoms with van der Waals surface area (Å²) in [5.74, 6) is -1.33. The third kappa shape index (κ3) is 2.30. The molecule has 0 aliphatic heterocycles. The fourth-order valence-corrected chi connectivity index (χ4v) is 1.81. The van der Waals surface area contributed by atoms with E-state index in [1.54, 1.807) is 6.20 Å². The zero-order chi connectivity index (χ0) is 12.4. The van der Waals surface area contributed by atoms with Gasteiger partial charge in [0.2, 0.25) is 0 Å². The molecule has 2 aromatic rings. The summed E-state index contributed by atoms with van der Waals surface area (Å²) in [6, 6.07) is 7.39. The summed E-state index contributed by atoms with van der Waals surface area (Å²) in [6.07, 6.45) is -1.16. The number of carboxylic acid groups (broad SMARTS) is 1. The van der Waals surface area contributed by atoms with E-state index in [-0.39, 0.29) is 6.42 Å². The maximum atomic E-state index is 10.5. The van der Waals surface area contributed by atoms with Crippen LogP contribution in [-0.4, -0.2) is 32.4 Å². The van der Waals surface area contributed by atoms with Crippen molar-refractivity contribution in [1.29, 1.82) is 0 Å². The van der Waals surface area contributed by atoms with Crippen LogP contribution in [0.5, 0.6) is 0 Å². The number of carboxylic acids is 1. The van der Waals surface area contributed by atoms with Gasteiger partial charge in [-0.2, -0.15) is 0 Å². The number of fused-ring (bicyclic) bond motifs is 1. The quantitative estimate of drug-likeness (QED) is 0.637. The Morgan fingerprint density at radius 2 is 2.00 bits per heavy atom. The van der Waals surface area contributed by atoms with Gasteiger partial charge in [-0.15, -0.1) is 0 Å². The SMILES string of the molecule is O=C(O)C(O)CC(O)c1c[nH]c2ccccc12. The van der Waals surface area contributed by atoms with Crippen molar-refractivity contribution in [3.05, 3.63) is 36.0 Å². The highest BCUT2D eigenvalue weighted by atomic mass is 16.4. The maximum absolute atomic E-state index is 10.5. The van der Waals surface area contributed by atoms with Crippen LogP contribution in [0.15, 0.2) is 30.5 Å². The molecule has 1 heterocycles. The molecule has 0 bridgehead atoms. The molecule has 2 atom stereocenters. The van der Waals surface area contributed by atoms with E-state index in [4.69, 9.17) is 5.11 Å². The van der Waals surface area contributed by atoms with E-state index >= 15 is 0 Å². The van der Waals surface area contributed by atoms with Crippen molar-refractivity contribution in [2.24, 2.45) is 0 Å². The van der Waals surface area contributed by atoms with Crippen LogP contribution in [0.1, 0.15) is 18.1 Å². The van der Waals surface area contributed by atoms with Crippen molar-refractivity contribution < 1.29 is 20.1 Å². The smallest absolute Gasteiger partial charge is 0.332 e. The molecule has 5 heteroatoms. The molecule has 1 aromatic carbocycles. The second kappa shape index (κ2) is 4.57. The number of aromatic amines is 1. The van der Waals surface area contributed by atoms with Gasteiger partial charge in [0.05, 0.1) is 6.10 Å². The van der Waals surface area contributed by atoms with E-state index in [1.165, 1.54) is 0 Å². The molecule has 0 aliphatic rings. The zero-order valence-corrected chi connectivity index (χ0v) is 9.00. The van der Waals surface area contributed by atoms with Gasteiger partial charge >= 0.3 is 5.97 Å². The molecule has 0 aliphatic carbocycles. The molecule has 5 nitrogen and oxygen atoms in total. The summed E-state index contributed by atoms with van der Waals surface area (Å²) in [5.41, 5.74) is 1.47. The molecular formula is C12H13NO4. The standard InChI is InChI=1S/C12H13NO4/c14-10(5-11(15)12(16)17)8-6-13-9-4-2-1-3-7(8)9/h1-4,6,10-11,13-15H,5H2,(H,16,17). The van der Waals surface area contributed by atoms with Gasteiger partial charge in [-0.25, -0.2) is 4.79 Å². The lowest BCUT2D eigenvalue weighted by molar-refractivity contribution is -0.148. The van der Waals surface area contributed by atoms with Crippen LogP contribution >= 0.6 is 0 Å². The highest BCUT2D eigenvalue weighted by Gasteiger charge is 2.21. The summed E-state index contributed by atoms with van der Waals surface area (Å²) in [4.78, 5) is 13.5. The Labute approximate surface area is 97.3 Å². The fourth-order valence-electron chi connectivity index (χ4n) is 1.81. The summed E-state index contributed by atoms with van der Waals surface area (Å²) in [6.45, 7) is 0. The number of aliphatic hydroxyl groups is 2. The minimum absolute atomic E-state index is 0.225. The second-order valence-corrected chi connectivity index (χ2v) is 3.90. The lowest BCUT2D eigenvalue weighted by Crippen LogP contribution is -2.22. The third-order valence-electron chi connectivity index (χ3n) is 2.71. The number of carbonyl (C=O) groups is 1. The van der Waals surface area contributed by atoms with Crippen LogP contribution in [0.4, 0.5) is 0 Å².